The standard InChI is InChI=1S/C19H29N3O2/c1-19(2,3)24-16-8-6-5-7-13(16)12-21-18(20-4)22-15-11-14-9-10-17(15)23-14/h5-8,14-15,17H,9-12H2,1-4H3,(H2,20,21,22). The van der Waals surface area contributed by atoms with Crippen LogP contribution >= 0.6 is 0 Å². The fraction of sp³-hybridized carbons (Fsp3) is 0.632. The quantitative estimate of drug-likeness (QED) is 0.658. The van der Waals surface area contributed by atoms with E-state index in [4.69, 9.17) is 9.47 Å². The van der Waals surface area contributed by atoms with E-state index in [1.165, 1.54) is 6.42 Å². The topological polar surface area (TPSA) is 54.9 Å². The third-order valence-electron chi connectivity index (χ3n) is 4.49. The maximum absolute atomic E-state index is 6.05. The van der Waals surface area contributed by atoms with E-state index in [0.29, 0.717) is 24.8 Å². The zero-order valence-corrected chi connectivity index (χ0v) is 15.1. The van der Waals surface area contributed by atoms with Crippen LogP contribution in [0.15, 0.2) is 29.3 Å². The number of aliphatic imine (C=N–C) groups is 1. The van der Waals surface area contributed by atoms with Gasteiger partial charge in [-0.05, 0) is 46.1 Å². The Balaban J connectivity index is 1.58. The number of benzene rings is 1. The van der Waals surface area contributed by atoms with E-state index in [2.05, 4.69) is 42.5 Å². The van der Waals surface area contributed by atoms with Gasteiger partial charge in [0.05, 0.1) is 18.2 Å². The van der Waals surface area contributed by atoms with Crippen molar-refractivity contribution in [2.24, 2.45) is 4.99 Å². The lowest BCUT2D eigenvalue weighted by Gasteiger charge is -2.25. The second-order valence-corrected chi connectivity index (χ2v) is 7.61. The fourth-order valence-electron chi connectivity index (χ4n) is 3.42. The molecule has 2 saturated heterocycles. The molecule has 2 N–H and O–H groups in total. The van der Waals surface area contributed by atoms with E-state index in [-0.39, 0.29) is 5.60 Å². The molecule has 3 rings (SSSR count). The Labute approximate surface area is 144 Å². The van der Waals surface area contributed by atoms with E-state index in [1.807, 2.05) is 18.2 Å². The van der Waals surface area contributed by atoms with Crippen LogP contribution in [0, 0.1) is 0 Å². The maximum Gasteiger partial charge on any atom is 0.191 e. The summed E-state index contributed by atoms with van der Waals surface area (Å²) >= 11 is 0. The second-order valence-electron chi connectivity index (χ2n) is 7.61. The van der Waals surface area contributed by atoms with Crippen LogP contribution in [0.3, 0.4) is 0 Å². The number of nitrogens with zero attached hydrogens (tertiary/aromatic N) is 1. The van der Waals surface area contributed by atoms with Gasteiger partial charge in [-0.15, -0.1) is 0 Å². The SMILES string of the molecule is CN=C(NCc1ccccc1OC(C)(C)C)NC1CC2CCC1O2. The molecule has 2 heterocycles. The molecule has 2 fully saturated rings. The summed E-state index contributed by atoms with van der Waals surface area (Å²) < 4.78 is 12.0. The van der Waals surface area contributed by atoms with Gasteiger partial charge in [-0.25, -0.2) is 0 Å². The molecule has 0 amide bonds. The smallest absolute Gasteiger partial charge is 0.191 e. The van der Waals surface area contributed by atoms with Crippen LogP contribution in [0.5, 0.6) is 5.75 Å². The molecule has 0 aromatic heterocycles. The van der Waals surface area contributed by atoms with E-state index < -0.39 is 0 Å². The summed E-state index contributed by atoms with van der Waals surface area (Å²) in [5.41, 5.74) is 0.913. The van der Waals surface area contributed by atoms with Crippen molar-refractivity contribution >= 4 is 5.96 Å². The van der Waals surface area contributed by atoms with Gasteiger partial charge in [-0.3, -0.25) is 4.99 Å². The highest BCUT2D eigenvalue weighted by atomic mass is 16.5. The normalized spacial score (nSPS) is 26.5. The minimum Gasteiger partial charge on any atom is -0.488 e. The van der Waals surface area contributed by atoms with Gasteiger partial charge in [-0.2, -0.15) is 0 Å². The fourth-order valence-corrected chi connectivity index (χ4v) is 3.42. The lowest BCUT2D eigenvalue weighted by atomic mass is 9.96. The van der Waals surface area contributed by atoms with Gasteiger partial charge in [0, 0.05) is 19.2 Å². The maximum atomic E-state index is 6.05. The zero-order chi connectivity index (χ0) is 17.2. The number of nitrogens with one attached hydrogen (secondary N) is 2. The minimum absolute atomic E-state index is 0.212. The summed E-state index contributed by atoms with van der Waals surface area (Å²) in [5.74, 6) is 1.73. The zero-order valence-electron chi connectivity index (χ0n) is 15.1. The van der Waals surface area contributed by atoms with Crippen molar-refractivity contribution in [2.75, 3.05) is 7.05 Å². The predicted molar refractivity (Wildman–Crippen MR) is 96.5 cm³/mol. The van der Waals surface area contributed by atoms with Crippen LogP contribution in [-0.4, -0.2) is 36.9 Å². The van der Waals surface area contributed by atoms with Crippen LogP contribution in [0.2, 0.25) is 0 Å². The molecule has 2 aliphatic heterocycles. The van der Waals surface area contributed by atoms with Crippen LogP contribution in [-0.2, 0) is 11.3 Å². The Kier molecular flexibility index (Phi) is 4.99. The Hall–Kier alpha value is -1.75. The summed E-state index contributed by atoms with van der Waals surface area (Å²) in [6.07, 6.45) is 4.21. The largest absolute Gasteiger partial charge is 0.488 e. The number of rotatable bonds is 4. The number of hydrogen-bond donors (Lipinski definition) is 2. The van der Waals surface area contributed by atoms with Crippen molar-refractivity contribution in [3.63, 3.8) is 0 Å². The second kappa shape index (κ2) is 7.01. The molecule has 0 radical (unpaired) electrons. The van der Waals surface area contributed by atoms with E-state index in [9.17, 15) is 0 Å². The van der Waals surface area contributed by atoms with Gasteiger partial charge in [0.15, 0.2) is 5.96 Å². The molecule has 1 aromatic carbocycles. The van der Waals surface area contributed by atoms with E-state index >= 15 is 0 Å². The summed E-state index contributed by atoms with van der Waals surface area (Å²) in [5, 5.41) is 6.91. The Morgan fingerprint density at radius 3 is 2.71 bits per heavy atom. The molecule has 0 aliphatic carbocycles. The van der Waals surface area contributed by atoms with Gasteiger partial charge in [0.1, 0.15) is 11.4 Å². The molecule has 0 spiro atoms. The van der Waals surface area contributed by atoms with Crippen LogP contribution in [0.25, 0.3) is 0 Å². The third-order valence-corrected chi connectivity index (χ3v) is 4.49. The highest BCUT2D eigenvalue weighted by Gasteiger charge is 2.41. The van der Waals surface area contributed by atoms with Gasteiger partial charge in [0.25, 0.3) is 0 Å². The average Bonchev–Trinajstić information content (AvgIpc) is 3.14. The molecular formula is C19H29N3O2. The first-order chi connectivity index (χ1) is 11.4. The number of guanidine groups is 1. The third kappa shape index (κ3) is 4.20. The van der Waals surface area contributed by atoms with Crippen molar-refractivity contribution in [2.45, 2.75) is 70.4 Å². The van der Waals surface area contributed by atoms with Gasteiger partial charge in [0.2, 0.25) is 0 Å². The minimum atomic E-state index is -0.212. The molecule has 2 aliphatic rings. The Morgan fingerprint density at radius 1 is 1.29 bits per heavy atom. The molecule has 3 unspecified atom stereocenters. The molecule has 1 aromatic rings. The average molecular weight is 331 g/mol. The van der Waals surface area contributed by atoms with Crippen molar-refractivity contribution in [1.82, 2.24) is 10.6 Å². The highest BCUT2D eigenvalue weighted by Crippen LogP contribution is 2.34. The number of para-hydroxylation sites is 1. The molecule has 24 heavy (non-hydrogen) atoms. The first-order valence-electron chi connectivity index (χ1n) is 8.84. The summed E-state index contributed by atoms with van der Waals surface area (Å²) in [4.78, 5) is 4.35. The predicted octanol–water partition coefficient (Wildman–Crippen LogP) is 2.85. The molecule has 5 heteroatoms. The van der Waals surface area contributed by atoms with Gasteiger partial charge < -0.3 is 20.1 Å². The molecular weight excluding hydrogens is 302 g/mol. The first kappa shape index (κ1) is 17.1. The number of hydrogen-bond acceptors (Lipinski definition) is 3. The van der Waals surface area contributed by atoms with Crippen LogP contribution in [0.1, 0.15) is 45.6 Å². The van der Waals surface area contributed by atoms with E-state index in [0.717, 1.165) is 30.1 Å². The summed E-state index contributed by atoms with van der Waals surface area (Å²) in [6.45, 7) is 6.86. The van der Waals surface area contributed by atoms with Crippen LogP contribution in [0.4, 0.5) is 0 Å². The lowest BCUT2D eigenvalue weighted by molar-refractivity contribution is 0.0992. The summed E-state index contributed by atoms with van der Waals surface area (Å²) in [6, 6.07) is 8.51. The molecule has 132 valence electrons. The summed E-state index contributed by atoms with van der Waals surface area (Å²) in [7, 11) is 1.81. The van der Waals surface area contributed by atoms with Gasteiger partial charge in [-0.1, -0.05) is 18.2 Å². The van der Waals surface area contributed by atoms with Crippen LogP contribution < -0.4 is 15.4 Å². The number of ether oxygens (including phenoxy) is 2. The first-order valence-corrected chi connectivity index (χ1v) is 8.84. The molecule has 3 atom stereocenters. The Bertz CT molecular complexity index is 595. The molecule has 5 nitrogen and oxygen atoms in total. The van der Waals surface area contributed by atoms with E-state index in [1.54, 1.807) is 7.05 Å². The van der Waals surface area contributed by atoms with Crippen molar-refractivity contribution < 1.29 is 9.47 Å². The Morgan fingerprint density at radius 2 is 2.08 bits per heavy atom. The molecule has 0 saturated carbocycles. The van der Waals surface area contributed by atoms with Crippen molar-refractivity contribution in [1.29, 1.82) is 0 Å². The molecule has 2 bridgehead atoms. The lowest BCUT2D eigenvalue weighted by Crippen LogP contribution is -2.47. The van der Waals surface area contributed by atoms with Crippen molar-refractivity contribution in [3.05, 3.63) is 29.8 Å². The highest BCUT2D eigenvalue weighted by molar-refractivity contribution is 5.80. The monoisotopic (exact) mass is 331 g/mol. The number of fused-ring (bicyclic) bond motifs is 2. The van der Waals surface area contributed by atoms with Crippen molar-refractivity contribution in [3.8, 4) is 5.75 Å². The van der Waals surface area contributed by atoms with Gasteiger partial charge >= 0.3 is 0 Å².